The van der Waals surface area contributed by atoms with Crippen molar-refractivity contribution in [1.29, 1.82) is 0 Å². The molecule has 0 unspecified atom stereocenters. The van der Waals surface area contributed by atoms with Crippen molar-refractivity contribution >= 4 is 0 Å². The number of morpholine rings is 1. The first-order chi connectivity index (χ1) is 9.08. The summed E-state index contributed by atoms with van der Waals surface area (Å²) in [6, 6.07) is 0.699. The molecule has 0 radical (unpaired) electrons. The first-order valence-corrected chi connectivity index (χ1v) is 8.11. The Morgan fingerprint density at radius 1 is 1.00 bits per heavy atom. The molecule has 0 aromatic carbocycles. The summed E-state index contributed by atoms with van der Waals surface area (Å²) in [5, 5.41) is 3.76. The third-order valence-corrected chi connectivity index (χ3v) is 3.70. The van der Waals surface area contributed by atoms with Gasteiger partial charge in [-0.05, 0) is 44.2 Å². The highest BCUT2D eigenvalue weighted by molar-refractivity contribution is 4.71. The molecule has 0 amide bonds. The number of rotatable bonds is 9. The highest BCUT2D eigenvalue weighted by Gasteiger charge is 2.13. The van der Waals surface area contributed by atoms with E-state index in [4.69, 9.17) is 4.74 Å². The number of hydrogen-bond donors (Lipinski definition) is 1. The third-order valence-electron chi connectivity index (χ3n) is 3.70. The molecule has 114 valence electrons. The van der Waals surface area contributed by atoms with Crippen LogP contribution in [0.2, 0.25) is 0 Å². The second-order valence-corrected chi connectivity index (χ2v) is 6.72. The molecule has 0 spiro atoms. The van der Waals surface area contributed by atoms with E-state index in [1.165, 1.54) is 25.8 Å². The van der Waals surface area contributed by atoms with E-state index < -0.39 is 0 Å². The van der Waals surface area contributed by atoms with E-state index in [2.05, 4.69) is 37.9 Å². The van der Waals surface area contributed by atoms with Gasteiger partial charge in [0.25, 0.3) is 0 Å². The third kappa shape index (κ3) is 8.61. The lowest BCUT2D eigenvalue weighted by molar-refractivity contribution is 0.0373. The van der Waals surface area contributed by atoms with E-state index >= 15 is 0 Å². The quantitative estimate of drug-likeness (QED) is 0.652. The minimum absolute atomic E-state index is 0.699. The maximum atomic E-state index is 5.37. The summed E-state index contributed by atoms with van der Waals surface area (Å²) in [5.74, 6) is 1.57. The molecule has 0 aromatic heterocycles. The van der Waals surface area contributed by atoms with Crippen molar-refractivity contribution in [2.45, 2.75) is 53.0 Å². The normalized spacial score (nSPS) is 17.8. The first-order valence-electron chi connectivity index (χ1n) is 8.11. The van der Waals surface area contributed by atoms with E-state index in [1.54, 1.807) is 0 Å². The van der Waals surface area contributed by atoms with E-state index in [0.717, 1.165) is 44.7 Å². The predicted octanol–water partition coefficient (Wildman–Crippen LogP) is 2.76. The molecule has 0 bridgehead atoms. The van der Waals surface area contributed by atoms with Gasteiger partial charge in [0.05, 0.1) is 13.2 Å². The second-order valence-electron chi connectivity index (χ2n) is 6.72. The number of hydrogen-bond acceptors (Lipinski definition) is 3. The minimum Gasteiger partial charge on any atom is -0.379 e. The van der Waals surface area contributed by atoms with Gasteiger partial charge in [-0.15, -0.1) is 0 Å². The van der Waals surface area contributed by atoms with Gasteiger partial charge in [0, 0.05) is 19.1 Å². The van der Waals surface area contributed by atoms with Gasteiger partial charge in [-0.2, -0.15) is 0 Å². The zero-order chi connectivity index (χ0) is 14.1. The van der Waals surface area contributed by atoms with Crippen LogP contribution in [0.25, 0.3) is 0 Å². The number of nitrogens with one attached hydrogen (secondary N) is 1. The first kappa shape index (κ1) is 16.9. The lowest BCUT2D eigenvalue weighted by Crippen LogP contribution is -2.39. The monoisotopic (exact) mass is 270 g/mol. The molecule has 1 heterocycles. The fraction of sp³-hybridized carbons (Fsp3) is 1.00. The zero-order valence-electron chi connectivity index (χ0n) is 13.5. The average molecular weight is 270 g/mol. The Labute approximate surface area is 120 Å². The summed E-state index contributed by atoms with van der Waals surface area (Å²) in [7, 11) is 0. The minimum atomic E-state index is 0.699. The van der Waals surface area contributed by atoms with Gasteiger partial charge >= 0.3 is 0 Å². The van der Waals surface area contributed by atoms with Crippen LogP contribution in [0, 0.1) is 11.8 Å². The largest absolute Gasteiger partial charge is 0.379 e. The smallest absolute Gasteiger partial charge is 0.0594 e. The summed E-state index contributed by atoms with van der Waals surface area (Å²) in [4.78, 5) is 2.52. The molecule has 0 aliphatic carbocycles. The molecule has 1 fully saturated rings. The Balaban J connectivity index is 2.12. The maximum Gasteiger partial charge on any atom is 0.0594 e. The van der Waals surface area contributed by atoms with Crippen molar-refractivity contribution in [3.8, 4) is 0 Å². The van der Waals surface area contributed by atoms with Gasteiger partial charge in [-0.25, -0.2) is 0 Å². The molecular formula is C16H34N2O. The second kappa shape index (κ2) is 9.73. The van der Waals surface area contributed by atoms with Gasteiger partial charge in [0.2, 0.25) is 0 Å². The SMILES string of the molecule is CC(C)CC(CC(C)C)NCCCN1CCOCC1. The molecule has 19 heavy (non-hydrogen) atoms. The van der Waals surface area contributed by atoms with Crippen molar-refractivity contribution in [2.75, 3.05) is 39.4 Å². The van der Waals surface area contributed by atoms with Crippen LogP contribution in [-0.4, -0.2) is 50.3 Å². The van der Waals surface area contributed by atoms with Gasteiger partial charge in [0.15, 0.2) is 0 Å². The van der Waals surface area contributed by atoms with Crippen LogP contribution in [-0.2, 0) is 4.74 Å². The molecule has 1 saturated heterocycles. The van der Waals surface area contributed by atoms with E-state index in [0.29, 0.717) is 6.04 Å². The van der Waals surface area contributed by atoms with Gasteiger partial charge in [-0.1, -0.05) is 27.7 Å². The summed E-state index contributed by atoms with van der Waals surface area (Å²) in [5.41, 5.74) is 0. The molecule has 3 heteroatoms. The molecule has 1 aliphatic rings. The molecular weight excluding hydrogens is 236 g/mol. The Bertz CT molecular complexity index is 203. The average Bonchev–Trinajstić information content (AvgIpc) is 2.34. The zero-order valence-corrected chi connectivity index (χ0v) is 13.5. The van der Waals surface area contributed by atoms with Crippen molar-refractivity contribution < 1.29 is 4.74 Å². The standard InChI is InChI=1S/C16H34N2O/c1-14(2)12-16(13-15(3)4)17-6-5-7-18-8-10-19-11-9-18/h14-17H,5-13H2,1-4H3. The van der Waals surface area contributed by atoms with Gasteiger partial charge in [0.1, 0.15) is 0 Å². The van der Waals surface area contributed by atoms with Crippen LogP contribution >= 0.6 is 0 Å². The van der Waals surface area contributed by atoms with Crippen LogP contribution in [0.5, 0.6) is 0 Å². The fourth-order valence-corrected chi connectivity index (χ4v) is 2.83. The van der Waals surface area contributed by atoms with Crippen LogP contribution in [0.15, 0.2) is 0 Å². The number of ether oxygens (including phenoxy) is 1. The van der Waals surface area contributed by atoms with Crippen LogP contribution in [0.4, 0.5) is 0 Å². The Kier molecular flexibility index (Phi) is 8.67. The number of nitrogens with zero attached hydrogens (tertiary/aromatic N) is 1. The topological polar surface area (TPSA) is 24.5 Å². The lowest BCUT2D eigenvalue weighted by atomic mass is 9.95. The van der Waals surface area contributed by atoms with Crippen LogP contribution < -0.4 is 5.32 Å². The Hall–Kier alpha value is -0.120. The van der Waals surface area contributed by atoms with Gasteiger partial charge < -0.3 is 10.1 Å². The van der Waals surface area contributed by atoms with Crippen molar-refractivity contribution in [1.82, 2.24) is 10.2 Å². The Morgan fingerprint density at radius 2 is 1.58 bits per heavy atom. The maximum absolute atomic E-state index is 5.37. The van der Waals surface area contributed by atoms with E-state index in [9.17, 15) is 0 Å². The van der Waals surface area contributed by atoms with Crippen molar-refractivity contribution in [2.24, 2.45) is 11.8 Å². The summed E-state index contributed by atoms with van der Waals surface area (Å²) in [6.45, 7) is 15.7. The van der Waals surface area contributed by atoms with Crippen LogP contribution in [0.3, 0.4) is 0 Å². The molecule has 0 aromatic rings. The highest BCUT2D eigenvalue weighted by Crippen LogP contribution is 2.13. The van der Waals surface area contributed by atoms with Crippen molar-refractivity contribution in [3.63, 3.8) is 0 Å². The van der Waals surface area contributed by atoms with E-state index in [1.807, 2.05) is 0 Å². The molecule has 0 atom stereocenters. The fourth-order valence-electron chi connectivity index (χ4n) is 2.83. The predicted molar refractivity (Wildman–Crippen MR) is 82.6 cm³/mol. The van der Waals surface area contributed by atoms with E-state index in [-0.39, 0.29) is 0 Å². The molecule has 1 aliphatic heterocycles. The molecule has 1 rings (SSSR count). The van der Waals surface area contributed by atoms with Crippen molar-refractivity contribution in [3.05, 3.63) is 0 Å². The molecule has 1 N–H and O–H groups in total. The van der Waals surface area contributed by atoms with Gasteiger partial charge in [-0.3, -0.25) is 4.90 Å². The van der Waals surface area contributed by atoms with Crippen LogP contribution in [0.1, 0.15) is 47.0 Å². The molecule has 0 saturated carbocycles. The molecule has 3 nitrogen and oxygen atoms in total. The summed E-state index contributed by atoms with van der Waals surface area (Å²) in [6.07, 6.45) is 3.86. The Morgan fingerprint density at radius 3 is 2.11 bits per heavy atom. The lowest BCUT2D eigenvalue weighted by Gasteiger charge is -2.27. The summed E-state index contributed by atoms with van der Waals surface area (Å²) >= 11 is 0. The summed E-state index contributed by atoms with van der Waals surface area (Å²) < 4.78 is 5.37. The highest BCUT2D eigenvalue weighted by atomic mass is 16.5.